The number of aromatic nitrogens is 1. The zero-order chi connectivity index (χ0) is 15.5. The summed E-state index contributed by atoms with van der Waals surface area (Å²) in [6.07, 6.45) is 7.75. The molecule has 0 aromatic carbocycles. The van der Waals surface area contributed by atoms with Crippen LogP contribution in [0.15, 0.2) is 23.4 Å². The zero-order valence-corrected chi connectivity index (χ0v) is 13.4. The first kappa shape index (κ1) is 17.5. The van der Waals surface area contributed by atoms with E-state index in [0.717, 1.165) is 30.7 Å². The lowest BCUT2D eigenvalue weighted by atomic mass is 10.1. The van der Waals surface area contributed by atoms with E-state index in [0.29, 0.717) is 18.5 Å². The highest BCUT2D eigenvalue weighted by atomic mass is 32.2. The Morgan fingerprint density at radius 2 is 2.05 bits per heavy atom. The highest BCUT2D eigenvalue weighted by Gasteiger charge is 2.06. The first-order valence-electron chi connectivity index (χ1n) is 7.02. The fourth-order valence-corrected chi connectivity index (χ4v) is 2.23. The number of unbranched alkanes of at least 4 members (excludes halogenated alkanes) is 3. The molecule has 1 heterocycles. The lowest BCUT2D eigenvalue weighted by Gasteiger charge is -2.06. The maximum absolute atomic E-state index is 11.9. The number of rotatable bonds is 9. The average Bonchev–Trinajstić information content (AvgIpc) is 2.53. The van der Waals surface area contributed by atoms with Gasteiger partial charge in [0.15, 0.2) is 0 Å². The minimum Gasteiger partial charge on any atom is -0.469 e. The molecule has 0 spiro atoms. The molecule has 0 aliphatic rings. The number of amides is 1. The number of nitrogens with zero attached hydrogens (tertiary/aromatic N) is 1. The summed E-state index contributed by atoms with van der Waals surface area (Å²) in [5.74, 6) is -0.229. The summed E-state index contributed by atoms with van der Waals surface area (Å²) >= 11 is 1.51. The Balaban J connectivity index is 2.14. The number of esters is 1. The summed E-state index contributed by atoms with van der Waals surface area (Å²) in [7, 11) is 1.40. The molecule has 21 heavy (non-hydrogen) atoms. The molecule has 0 saturated heterocycles. The third-order valence-corrected chi connectivity index (χ3v) is 3.67. The minimum absolute atomic E-state index is 0.0674. The Hall–Kier alpha value is -1.56. The van der Waals surface area contributed by atoms with Crippen molar-refractivity contribution in [2.75, 3.05) is 19.9 Å². The second-order valence-corrected chi connectivity index (χ2v) is 5.41. The van der Waals surface area contributed by atoms with Crippen LogP contribution in [0.2, 0.25) is 0 Å². The Kier molecular flexibility index (Phi) is 8.50. The van der Waals surface area contributed by atoms with Crippen LogP contribution in [0.4, 0.5) is 0 Å². The molecule has 0 saturated carbocycles. The van der Waals surface area contributed by atoms with Crippen LogP contribution < -0.4 is 5.32 Å². The lowest BCUT2D eigenvalue weighted by molar-refractivity contribution is -0.140. The molecule has 5 nitrogen and oxygen atoms in total. The molecule has 1 aromatic heterocycles. The third-order valence-electron chi connectivity index (χ3n) is 3.03. The summed E-state index contributed by atoms with van der Waals surface area (Å²) in [6, 6.07) is 3.50. The third kappa shape index (κ3) is 7.13. The number of hydrogen-bond acceptors (Lipinski definition) is 5. The molecule has 0 bridgehead atoms. The van der Waals surface area contributed by atoms with Gasteiger partial charge in [-0.05, 0) is 31.2 Å². The molecule has 0 radical (unpaired) electrons. The van der Waals surface area contributed by atoms with E-state index in [1.165, 1.54) is 18.9 Å². The van der Waals surface area contributed by atoms with Gasteiger partial charge in [0.1, 0.15) is 0 Å². The molecule has 1 amide bonds. The van der Waals surface area contributed by atoms with Crippen LogP contribution in [0.5, 0.6) is 0 Å². The molecule has 0 aliphatic heterocycles. The van der Waals surface area contributed by atoms with Crippen molar-refractivity contribution < 1.29 is 14.3 Å². The monoisotopic (exact) mass is 310 g/mol. The molecular formula is C15H22N2O3S. The van der Waals surface area contributed by atoms with Gasteiger partial charge in [0.05, 0.1) is 12.1 Å². The molecule has 0 fully saturated rings. The minimum atomic E-state index is -0.161. The van der Waals surface area contributed by atoms with Crippen molar-refractivity contribution in [3.05, 3.63) is 23.9 Å². The highest BCUT2D eigenvalue weighted by Crippen LogP contribution is 2.12. The van der Waals surface area contributed by atoms with Crippen LogP contribution in [0.25, 0.3) is 0 Å². The van der Waals surface area contributed by atoms with E-state index in [-0.39, 0.29) is 11.9 Å². The molecule has 1 rings (SSSR count). The van der Waals surface area contributed by atoms with Crippen molar-refractivity contribution in [2.24, 2.45) is 0 Å². The van der Waals surface area contributed by atoms with Crippen molar-refractivity contribution in [2.45, 2.75) is 37.1 Å². The largest absolute Gasteiger partial charge is 0.469 e. The Bertz CT molecular complexity index is 466. The van der Waals surface area contributed by atoms with Gasteiger partial charge in [0, 0.05) is 24.7 Å². The Morgan fingerprint density at radius 1 is 1.29 bits per heavy atom. The van der Waals surface area contributed by atoms with Crippen LogP contribution in [0, 0.1) is 0 Å². The maximum Gasteiger partial charge on any atom is 0.305 e. The number of carbonyl (C=O) groups is 2. The number of nitrogens with one attached hydrogen (secondary N) is 1. The normalized spacial score (nSPS) is 10.2. The lowest BCUT2D eigenvalue weighted by Crippen LogP contribution is -2.24. The zero-order valence-electron chi connectivity index (χ0n) is 12.6. The molecule has 116 valence electrons. The number of methoxy groups -OCH3 is 1. The van der Waals surface area contributed by atoms with E-state index in [4.69, 9.17) is 0 Å². The number of carbonyl (C=O) groups excluding carboxylic acids is 2. The van der Waals surface area contributed by atoms with Crippen molar-refractivity contribution in [3.63, 3.8) is 0 Å². The predicted molar refractivity (Wildman–Crippen MR) is 83.5 cm³/mol. The predicted octanol–water partition coefficient (Wildman–Crippen LogP) is 2.66. The first-order chi connectivity index (χ1) is 10.2. The van der Waals surface area contributed by atoms with E-state index in [1.54, 1.807) is 18.3 Å². The SMILES string of the molecule is COC(=O)CCCCCCNC(=O)c1ccnc(SC)c1. The van der Waals surface area contributed by atoms with Gasteiger partial charge in [0.25, 0.3) is 5.91 Å². The number of thioether (sulfide) groups is 1. The standard InChI is InChI=1S/C15H22N2O3S/c1-20-14(18)7-5-3-4-6-9-17-15(19)12-8-10-16-13(11-12)21-2/h8,10-11H,3-7,9H2,1-2H3,(H,17,19). The molecular weight excluding hydrogens is 288 g/mol. The molecule has 1 aromatic rings. The van der Waals surface area contributed by atoms with Crippen LogP contribution in [0.1, 0.15) is 42.5 Å². The van der Waals surface area contributed by atoms with E-state index in [9.17, 15) is 9.59 Å². The molecule has 1 N–H and O–H groups in total. The van der Waals surface area contributed by atoms with E-state index in [1.807, 2.05) is 6.26 Å². The summed E-state index contributed by atoms with van der Waals surface area (Å²) in [5, 5.41) is 3.73. The fourth-order valence-electron chi connectivity index (χ4n) is 1.82. The van der Waals surface area contributed by atoms with Crippen molar-refractivity contribution in [1.82, 2.24) is 10.3 Å². The van der Waals surface area contributed by atoms with Gasteiger partial charge in [-0.3, -0.25) is 9.59 Å². The van der Waals surface area contributed by atoms with Gasteiger partial charge in [-0.25, -0.2) is 4.98 Å². The van der Waals surface area contributed by atoms with E-state index in [2.05, 4.69) is 15.0 Å². The quantitative estimate of drug-likeness (QED) is 0.431. The van der Waals surface area contributed by atoms with Crippen LogP contribution in [-0.4, -0.2) is 36.8 Å². The first-order valence-corrected chi connectivity index (χ1v) is 8.25. The van der Waals surface area contributed by atoms with Crippen LogP contribution >= 0.6 is 11.8 Å². The molecule has 0 aliphatic carbocycles. The van der Waals surface area contributed by atoms with Gasteiger partial charge in [-0.2, -0.15) is 0 Å². The second kappa shape index (κ2) is 10.2. The number of pyridine rings is 1. The van der Waals surface area contributed by atoms with E-state index >= 15 is 0 Å². The van der Waals surface area contributed by atoms with Crippen LogP contribution in [-0.2, 0) is 9.53 Å². The van der Waals surface area contributed by atoms with Crippen molar-refractivity contribution >= 4 is 23.6 Å². The number of hydrogen-bond donors (Lipinski definition) is 1. The molecule has 6 heteroatoms. The van der Waals surface area contributed by atoms with Gasteiger partial charge in [0.2, 0.25) is 0 Å². The van der Waals surface area contributed by atoms with E-state index < -0.39 is 0 Å². The van der Waals surface area contributed by atoms with Gasteiger partial charge >= 0.3 is 5.97 Å². The smallest absolute Gasteiger partial charge is 0.305 e. The van der Waals surface area contributed by atoms with Crippen LogP contribution in [0.3, 0.4) is 0 Å². The second-order valence-electron chi connectivity index (χ2n) is 4.58. The summed E-state index contributed by atoms with van der Waals surface area (Å²) in [5.41, 5.74) is 0.639. The topological polar surface area (TPSA) is 68.3 Å². The van der Waals surface area contributed by atoms with Gasteiger partial charge in [-0.15, -0.1) is 11.8 Å². The number of ether oxygens (including phenoxy) is 1. The maximum atomic E-state index is 11.9. The van der Waals surface area contributed by atoms with Gasteiger partial charge in [-0.1, -0.05) is 12.8 Å². The Labute approximate surface area is 129 Å². The van der Waals surface area contributed by atoms with Crippen molar-refractivity contribution in [3.8, 4) is 0 Å². The van der Waals surface area contributed by atoms with Crippen molar-refractivity contribution in [1.29, 1.82) is 0 Å². The summed E-state index contributed by atoms with van der Waals surface area (Å²) in [6.45, 7) is 0.647. The molecule has 0 unspecified atom stereocenters. The molecule has 0 atom stereocenters. The highest BCUT2D eigenvalue weighted by molar-refractivity contribution is 7.98. The average molecular weight is 310 g/mol. The summed E-state index contributed by atoms with van der Waals surface area (Å²) in [4.78, 5) is 27.0. The summed E-state index contributed by atoms with van der Waals surface area (Å²) < 4.78 is 4.57. The van der Waals surface area contributed by atoms with Gasteiger partial charge < -0.3 is 10.1 Å². The fraction of sp³-hybridized carbons (Fsp3) is 0.533. The Morgan fingerprint density at radius 3 is 2.76 bits per heavy atom.